The Morgan fingerprint density at radius 1 is 1.30 bits per heavy atom. The van der Waals surface area contributed by atoms with Crippen LogP contribution in [-0.4, -0.2) is 16.8 Å². The van der Waals surface area contributed by atoms with E-state index in [9.17, 15) is 0 Å². The van der Waals surface area contributed by atoms with Crippen molar-refractivity contribution in [2.75, 3.05) is 7.05 Å². The Hall–Kier alpha value is -1.61. The van der Waals surface area contributed by atoms with Gasteiger partial charge in [0.05, 0.1) is 11.7 Å². The molecule has 0 saturated carbocycles. The van der Waals surface area contributed by atoms with Crippen LogP contribution in [0.5, 0.6) is 0 Å². The quantitative estimate of drug-likeness (QED) is 0.874. The average Bonchev–Trinajstić information content (AvgIpc) is 2.82. The Morgan fingerprint density at radius 2 is 2.10 bits per heavy atom. The second-order valence-electron chi connectivity index (χ2n) is 5.28. The summed E-state index contributed by atoms with van der Waals surface area (Å²) in [5.41, 5.74) is 5.19. The van der Waals surface area contributed by atoms with E-state index in [4.69, 9.17) is 0 Å². The fourth-order valence-corrected chi connectivity index (χ4v) is 2.79. The molecular weight excluding hydrogens is 246 g/mol. The largest absolute Gasteiger partial charge is 0.309 e. The van der Waals surface area contributed by atoms with Crippen LogP contribution in [-0.2, 0) is 19.9 Å². The first-order valence-corrected chi connectivity index (χ1v) is 7.48. The monoisotopic (exact) mass is 271 g/mol. The minimum Gasteiger partial charge on any atom is -0.309 e. The zero-order valence-electron chi connectivity index (χ0n) is 13.0. The Labute approximate surface area is 122 Å². The molecule has 0 radical (unpaired) electrons. The Balaban J connectivity index is 2.38. The van der Waals surface area contributed by atoms with Crippen LogP contribution in [0.4, 0.5) is 0 Å². The average molecular weight is 271 g/mol. The van der Waals surface area contributed by atoms with Gasteiger partial charge in [-0.15, -0.1) is 0 Å². The van der Waals surface area contributed by atoms with Gasteiger partial charge in [0.15, 0.2) is 0 Å². The third-order valence-corrected chi connectivity index (χ3v) is 3.70. The highest BCUT2D eigenvalue weighted by atomic mass is 15.3. The summed E-state index contributed by atoms with van der Waals surface area (Å²) in [6, 6.07) is 9.11. The molecule has 0 aliphatic heterocycles. The lowest BCUT2D eigenvalue weighted by molar-refractivity contribution is 0.682. The van der Waals surface area contributed by atoms with Gasteiger partial charge in [0.1, 0.15) is 0 Å². The summed E-state index contributed by atoms with van der Waals surface area (Å²) < 4.78 is 1.91. The first-order chi connectivity index (χ1) is 9.69. The highest BCUT2D eigenvalue weighted by Crippen LogP contribution is 2.25. The molecule has 3 nitrogen and oxygen atoms in total. The third-order valence-electron chi connectivity index (χ3n) is 3.70. The van der Waals surface area contributed by atoms with E-state index in [0.29, 0.717) is 0 Å². The van der Waals surface area contributed by atoms with Crippen LogP contribution in [0.25, 0.3) is 0 Å². The maximum atomic E-state index is 4.56. The fraction of sp³-hybridized carbons (Fsp3) is 0.471. The minimum atomic E-state index is 0.218. The summed E-state index contributed by atoms with van der Waals surface area (Å²) in [6.07, 6.45) is 5.41. The van der Waals surface area contributed by atoms with Crippen LogP contribution in [0.3, 0.4) is 0 Å². The number of nitrogens with one attached hydrogen (secondary N) is 1. The summed E-state index contributed by atoms with van der Waals surface area (Å²) in [5, 5.41) is 8.00. The number of rotatable bonds is 6. The van der Waals surface area contributed by atoms with Crippen molar-refractivity contribution in [2.24, 2.45) is 7.05 Å². The number of nitrogens with zero attached hydrogens (tertiary/aromatic N) is 2. The van der Waals surface area contributed by atoms with Crippen molar-refractivity contribution < 1.29 is 0 Å². The molecule has 2 aromatic rings. The highest BCUT2D eigenvalue weighted by Gasteiger charge is 2.18. The van der Waals surface area contributed by atoms with Gasteiger partial charge in [0.25, 0.3) is 0 Å². The molecule has 0 saturated heterocycles. The summed E-state index contributed by atoms with van der Waals surface area (Å²) in [5.74, 6) is 0. The van der Waals surface area contributed by atoms with E-state index >= 15 is 0 Å². The molecule has 2 rings (SSSR count). The molecular formula is C17H25N3. The van der Waals surface area contributed by atoms with E-state index in [1.165, 1.54) is 28.8 Å². The van der Waals surface area contributed by atoms with Gasteiger partial charge in [-0.1, -0.05) is 44.5 Å². The van der Waals surface area contributed by atoms with Crippen molar-refractivity contribution in [3.63, 3.8) is 0 Å². The number of hydrogen-bond donors (Lipinski definition) is 1. The van der Waals surface area contributed by atoms with E-state index in [-0.39, 0.29) is 6.04 Å². The van der Waals surface area contributed by atoms with Crippen LogP contribution >= 0.6 is 0 Å². The first kappa shape index (κ1) is 14.8. The standard InChI is InChI=1S/C17H25N3/c1-5-8-13-9-7-10-14(11-13)17(18-3)15-12-20(4)19-16(15)6-2/h7,9-12,17-18H,5-6,8H2,1-4H3. The van der Waals surface area contributed by atoms with Crippen LogP contribution in [0, 0.1) is 0 Å². The fourth-order valence-electron chi connectivity index (χ4n) is 2.79. The minimum absolute atomic E-state index is 0.218. The van der Waals surface area contributed by atoms with Gasteiger partial charge in [-0.2, -0.15) is 5.10 Å². The summed E-state index contributed by atoms with van der Waals surface area (Å²) in [7, 11) is 4.01. The van der Waals surface area contributed by atoms with Crippen LogP contribution in [0.2, 0.25) is 0 Å². The van der Waals surface area contributed by atoms with E-state index in [1.807, 2.05) is 18.8 Å². The maximum absolute atomic E-state index is 4.56. The lowest BCUT2D eigenvalue weighted by atomic mass is 9.96. The number of aromatic nitrogens is 2. The van der Waals surface area contributed by atoms with Gasteiger partial charge in [-0.25, -0.2) is 0 Å². The lowest BCUT2D eigenvalue weighted by Crippen LogP contribution is -2.18. The van der Waals surface area contributed by atoms with Crippen molar-refractivity contribution in [1.82, 2.24) is 15.1 Å². The zero-order valence-corrected chi connectivity index (χ0v) is 13.0. The second-order valence-corrected chi connectivity index (χ2v) is 5.28. The Kier molecular flexibility index (Phi) is 4.96. The molecule has 108 valence electrons. The molecule has 1 atom stereocenters. The van der Waals surface area contributed by atoms with Crippen LogP contribution < -0.4 is 5.32 Å². The van der Waals surface area contributed by atoms with Crippen LogP contribution in [0.15, 0.2) is 30.5 Å². The number of benzene rings is 1. The highest BCUT2D eigenvalue weighted by molar-refractivity contribution is 5.35. The molecule has 0 fully saturated rings. The van der Waals surface area contributed by atoms with Crippen molar-refractivity contribution in [2.45, 2.75) is 39.2 Å². The van der Waals surface area contributed by atoms with Crippen LogP contribution in [0.1, 0.15) is 48.7 Å². The third kappa shape index (κ3) is 3.10. The topological polar surface area (TPSA) is 29.9 Å². The molecule has 1 aromatic heterocycles. The van der Waals surface area contributed by atoms with Crippen molar-refractivity contribution in [1.29, 1.82) is 0 Å². The number of hydrogen-bond acceptors (Lipinski definition) is 2. The second kappa shape index (κ2) is 6.71. The lowest BCUT2D eigenvalue weighted by Gasteiger charge is -2.17. The maximum Gasteiger partial charge on any atom is 0.0673 e. The smallest absolute Gasteiger partial charge is 0.0673 e. The molecule has 1 aromatic carbocycles. The molecule has 0 bridgehead atoms. The number of aryl methyl sites for hydroxylation is 3. The molecule has 0 aliphatic rings. The molecule has 0 aliphatic carbocycles. The molecule has 0 amide bonds. The van der Waals surface area contributed by atoms with Gasteiger partial charge in [-0.3, -0.25) is 4.68 Å². The van der Waals surface area contributed by atoms with Crippen molar-refractivity contribution in [3.05, 3.63) is 52.8 Å². The van der Waals surface area contributed by atoms with Gasteiger partial charge in [0, 0.05) is 18.8 Å². The Bertz CT molecular complexity index is 557. The van der Waals surface area contributed by atoms with Crippen molar-refractivity contribution in [3.8, 4) is 0 Å². The predicted molar refractivity (Wildman–Crippen MR) is 83.9 cm³/mol. The predicted octanol–water partition coefficient (Wildman–Crippen LogP) is 3.24. The zero-order chi connectivity index (χ0) is 14.5. The molecule has 1 unspecified atom stereocenters. The van der Waals surface area contributed by atoms with E-state index < -0.39 is 0 Å². The molecule has 1 N–H and O–H groups in total. The van der Waals surface area contributed by atoms with E-state index in [1.54, 1.807) is 0 Å². The SMILES string of the molecule is CCCc1cccc(C(NC)c2cn(C)nc2CC)c1. The first-order valence-electron chi connectivity index (χ1n) is 7.48. The normalized spacial score (nSPS) is 12.6. The summed E-state index contributed by atoms with van der Waals surface area (Å²) >= 11 is 0. The van der Waals surface area contributed by atoms with Crippen molar-refractivity contribution >= 4 is 0 Å². The molecule has 1 heterocycles. The van der Waals surface area contributed by atoms with Gasteiger partial charge in [-0.05, 0) is 31.0 Å². The van der Waals surface area contributed by atoms with Gasteiger partial charge >= 0.3 is 0 Å². The molecule has 0 spiro atoms. The molecule has 3 heteroatoms. The van der Waals surface area contributed by atoms with E-state index in [2.05, 4.69) is 54.7 Å². The summed E-state index contributed by atoms with van der Waals surface area (Å²) in [6.45, 7) is 4.38. The van der Waals surface area contributed by atoms with E-state index in [0.717, 1.165) is 12.8 Å². The van der Waals surface area contributed by atoms with Gasteiger partial charge in [0.2, 0.25) is 0 Å². The van der Waals surface area contributed by atoms with Gasteiger partial charge < -0.3 is 5.32 Å². The molecule has 20 heavy (non-hydrogen) atoms. The Morgan fingerprint density at radius 3 is 2.75 bits per heavy atom. The summed E-state index contributed by atoms with van der Waals surface area (Å²) in [4.78, 5) is 0.